The van der Waals surface area contributed by atoms with E-state index in [2.05, 4.69) is 28.6 Å². The molecule has 0 atom stereocenters. The van der Waals surface area contributed by atoms with Crippen molar-refractivity contribution in [1.29, 1.82) is 0 Å². The maximum absolute atomic E-state index is 5.92. The standard InChI is InChI=1S/C13H18N4/c1-9(2)7-17-8-15-16-13(17)11-5-4-6-12(14)10(11)3/h4-6,8-9H,7,14H2,1-3H3. The molecule has 0 unspecified atom stereocenters. The van der Waals surface area contributed by atoms with Gasteiger partial charge in [-0.2, -0.15) is 0 Å². The predicted molar refractivity (Wildman–Crippen MR) is 69.4 cm³/mol. The number of nitrogen functional groups attached to an aromatic ring is 1. The van der Waals surface area contributed by atoms with Gasteiger partial charge in [0.05, 0.1) is 0 Å². The van der Waals surface area contributed by atoms with Crippen molar-refractivity contribution in [3.8, 4) is 11.4 Å². The summed E-state index contributed by atoms with van der Waals surface area (Å²) >= 11 is 0. The number of anilines is 1. The fourth-order valence-electron chi connectivity index (χ4n) is 1.89. The number of nitrogens with two attached hydrogens (primary N) is 1. The van der Waals surface area contributed by atoms with E-state index in [0.29, 0.717) is 5.92 Å². The zero-order valence-electron chi connectivity index (χ0n) is 10.5. The van der Waals surface area contributed by atoms with Gasteiger partial charge in [0, 0.05) is 17.8 Å². The van der Waals surface area contributed by atoms with Gasteiger partial charge in [0.15, 0.2) is 5.82 Å². The van der Waals surface area contributed by atoms with Crippen LogP contribution in [0.3, 0.4) is 0 Å². The van der Waals surface area contributed by atoms with Crippen LogP contribution in [-0.2, 0) is 6.54 Å². The maximum atomic E-state index is 5.92. The Morgan fingerprint density at radius 2 is 2.12 bits per heavy atom. The third-order valence-electron chi connectivity index (χ3n) is 2.79. The van der Waals surface area contributed by atoms with E-state index in [4.69, 9.17) is 5.73 Å². The van der Waals surface area contributed by atoms with Crippen LogP contribution in [0.1, 0.15) is 19.4 Å². The third kappa shape index (κ3) is 2.30. The van der Waals surface area contributed by atoms with E-state index in [0.717, 1.165) is 29.2 Å². The Hall–Kier alpha value is -1.84. The van der Waals surface area contributed by atoms with Crippen LogP contribution in [0.15, 0.2) is 24.5 Å². The first-order valence-corrected chi connectivity index (χ1v) is 5.83. The molecule has 0 bridgehead atoms. The van der Waals surface area contributed by atoms with Crippen molar-refractivity contribution in [2.24, 2.45) is 5.92 Å². The van der Waals surface area contributed by atoms with Gasteiger partial charge in [-0.15, -0.1) is 10.2 Å². The fraction of sp³-hybridized carbons (Fsp3) is 0.385. The summed E-state index contributed by atoms with van der Waals surface area (Å²) in [7, 11) is 0. The summed E-state index contributed by atoms with van der Waals surface area (Å²) in [6, 6.07) is 5.89. The van der Waals surface area contributed by atoms with Crippen molar-refractivity contribution in [3.63, 3.8) is 0 Å². The van der Waals surface area contributed by atoms with E-state index in [9.17, 15) is 0 Å². The molecule has 0 amide bonds. The van der Waals surface area contributed by atoms with Crippen LogP contribution in [0, 0.1) is 12.8 Å². The minimum Gasteiger partial charge on any atom is -0.398 e. The normalized spacial score (nSPS) is 11.1. The van der Waals surface area contributed by atoms with Crippen molar-refractivity contribution in [2.45, 2.75) is 27.3 Å². The van der Waals surface area contributed by atoms with Crippen LogP contribution >= 0.6 is 0 Å². The summed E-state index contributed by atoms with van der Waals surface area (Å²) in [6.45, 7) is 7.28. The smallest absolute Gasteiger partial charge is 0.164 e. The minimum absolute atomic E-state index is 0.561. The van der Waals surface area contributed by atoms with E-state index in [1.54, 1.807) is 6.33 Å². The van der Waals surface area contributed by atoms with Gasteiger partial charge >= 0.3 is 0 Å². The Bertz CT molecular complexity index is 514. The molecule has 1 heterocycles. The summed E-state index contributed by atoms with van der Waals surface area (Å²) in [4.78, 5) is 0. The van der Waals surface area contributed by atoms with Gasteiger partial charge in [0.25, 0.3) is 0 Å². The summed E-state index contributed by atoms with van der Waals surface area (Å²) in [5.74, 6) is 1.45. The molecule has 2 aromatic rings. The van der Waals surface area contributed by atoms with E-state index in [1.165, 1.54) is 0 Å². The fourth-order valence-corrected chi connectivity index (χ4v) is 1.89. The van der Waals surface area contributed by atoms with E-state index < -0.39 is 0 Å². The van der Waals surface area contributed by atoms with Gasteiger partial charge in [-0.25, -0.2) is 0 Å². The first-order valence-electron chi connectivity index (χ1n) is 5.83. The minimum atomic E-state index is 0.561. The number of hydrogen-bond donors (Lipinski definition) is 1. The zero-order chi connectivity index (χ0) is 12.4. The monoisotopic (exact) mass is 230 g/mol. The Morgan fingerprint density at radius 3 is 2.82 bits per heavy atom. The molecule has 0 aliphatic heterocycles. The van der Waals surface area contributed by atoms with Crippen LogP contribution in [0.25, 0.3) is 11.4 Å². The van der Waals surface area contributed by atoms with Gasteiger partial charge in [-0.05, 0) is 24.5 Å². The quantitative estimate of drug-likeness (QED) is 0.824. The molecule has 0 aliphatic rings. The van der Waals surface area contributed by atoms with Crippen molar-refractivity contribution < 1.29 is 0 Å². The Balaban J connectivity index is 2.46. The summed E-state index contributed by atoms with van der Waals surface area (Å²) in [5, 5.41) is 8.19. The molecule has 2 rings (SSSR count). The van der Waals surface area contributed by atoms with Gasteiger partial charge in [0.2, 0.25) is 0 Å². The lowest BCUT2D eigenvalue weighted by Crippen LogP contribution is -2.06. The van der Waals surface area contributed by atoms with E-state index in [1.807, 2.05) is 25.1 Å². The molecule has 0 spiro atoms. The molecule has 0 saturated heterocycles. The van der Waals surface area contributed by atoms with Crippen molar-refractivity contribution in [2.75, 3.05) is 5.73 Å². The SMILES string of the molecule is Cc1c(N)cccc1-c1nncn1CC(C)C. The molecule has 90 valence electrons. The topological polar surface area (TPSA) is 56.7 Å². The second-order valence-corrected chi connectivity index (χ2v) is 4.72. The van der Waals surface area contributed by atoms with Crippen LogP contribution in [0.2, 0.25) is 0 Å². The Kier molecular flexibility index (Phi) is 3.13. The molecular weight excluding hydrogens is 212 g/mol. The number of benzene rings is 1. The lowest BCUT2D eigenvalue weighted by Gasteiger charge is -2.11. The van der Waals surface area contributed by atoms with Crippen LogP contribution in [0.5, 0.6) is 0 Å². The predicted octanol–water partition coefficient (Wildman–Crippen LogP) is 2.49. The number of nitrogens with zero attached hydrogens (tertiary/aromatic N) is 3. The first kappa shape index (κ1) is 11.6. The Morgan fingerprint density at radius 1 is 1.35 bits per heavy atom. The molecule has 1 aromatic heterocycles. The summed E-state index contributed by atoms with van der Waals surface area (Å²) in [5.41, 5.74) is 8.83. The molecule has 0 fully saturated rings. The molecule has 4 nitrogen and oxygen atoms in total. The van der Waals surface area contributed by atoms with Crippen LogP contribution < -0.4 is 5.73 Å². The summed E-state index contributed by atoms with van der Waals surface area (Å²) in [6.07, 6.45) is 1.78. The molecule has 2 N–H and O–H groups in total. The third-order valence-corrected chi connectivity index (χ3v) is 2.79. The molecule has 0 radical (unpaired) electrons. The average molecular weight is 230 g/mol. The molecule has 4 heteroatoms. The molecular formula is C13H18N4. The number of rotatable bonds is 3. The largest absolute Gasteiger partial charge is 0.398 e. The van der Waals surface area contributed by atoms with Gasteiger partial charge < -0.3 is 10.3 Å². The molecule has 0 saturated carbocycles. The van der Waals surface area contributed by atoms with Gasteiger partial charge in [0.1, 0.15) is 6.33 Å². The van der Waals surface area contributed by atoms with Crippen LogP contribution in [0.4, 0.5) is 5.69 Å². The molecule has 17 heavy (non-hydrogen) atoms. The number of hydrogen-bond acceptors (Lipinski definition) is 3. The van der Waals surface area contributed by atoms with Gasteiger partial charge in [-0.3, -0.25) is 0 Å². The van der Waals surface area contributed by atoms with Crippen molar-refractivity contribution in [3.05, 3.63) is 30.1 Å². The summed E-state index contributed by atoms with van der Waals surface area (Å²) < 4.78 is 2.08. The Labute approximate surface area is 101 Å². The van der Waals surface area contributed by atoms with E-state index in [-0.39, 0.29) is 0 Å². The highest BCUT2D eigenvalue weighted by atomic mass is 15.3. The molecule has 1 aromatic carbocycles. The first-order chi connectivity index (χ1) is 8.09. The van der Waals surface area contributed by atoms with Crippen molar-refractivity contribution >= 4 is 5.69 Å². The van der Waals surface area contributed by atoms with Crippen LogP contribution in [-0.4, -0.2) is 14.8 Å². The average Bonchev–Trinajstić information content (AvgIpc) is 2.69. The molecule has 0 aliphatic carbocycles. The lowest BCUT2D eigenvalue weighted by atomic mass is 10.1. The zero-order valence-corrected chi connectivity index (χ0v) is 10.5. The second kappa shape index (κ2) is 4.57. The number of aromatic nitrogens is 3. The maximum Gasteiger partial charge on any atom is 0.164 e. The lowest BCUT2D eigenvalue weighted by molar-refractivity contribution is 0.525. The highest BCUT2D eigenvalue weighted by Gasteiger charge is 2.11. The van der Waals surface area contributed by atoms with E-state index >= 15 is 0 Å². The highest BCUT2D eigenvalue weighted by molar-refractivity contribution is 5.67. The highest BCUT2D eigenvalue weighted by Crippen LogP contribution is 2.25. The van der Waals surface area contributed by atoms with Crippen molar-refractivity contribution in [1.82, 2.24) is 14.8 Å². The second-order valence-electron chi connectivity index (χ2n) is 4.72. The van der Waals surface area contributed by atoms with Gasteiger partial charge in [-0.1, -0.05) is 26.0 Å².